The van der Waals surface area contributed by atoms with Crippen LogP contribution in [0.25, 0.3) is 21.8 Å². The highest BCUT2D eigenvalue weighted by molar-refractivity contribution is 9.10. The van der Waals surface area contributed by atoms with Crippen LogP contribution < -0.4 is 5.73 Å². The summed E-state index contributed by atoms with van der Waals surface area (Å²) in [6.45, 7) is 2.10. The molecule has 0 spiro atoms. The third kappa shape index (κ3) is 2.49. The van der Waals surface area contributed by atoms with Crippen molar-refractivity contribution in [1.82, 2.24) is 4.98 Å². The van der Waals surface area contributed by atoms with Gasteiger partial charge in [0.05, 0.1) is 5.69 Å². The van der Waals surface area contributed by atoms with E-state index in [1.165, 1.54) is 11.1 Å². The molecule has 0 unspecified atom stereocenters. The maximum Gasteiger partial charge on any atom is 0.124 e. The van der Waals surface area contributed by atoms with Gasteiger partial charge in [-0.15, -0.1) is 11.3 Å². The van der Waals surface area contributed by atoms with Crippen molar-refractivity contribution in [3.8, 4) is 21.8 Å². The van der Waals surface area contributed by atoms with E-state index in [1.54, 1.807) is 11.3 Å². The second-order valence-electron chi connectivity index (χ2n) is 4.58. The maximum atomic E-state index is 6.01. The fourth-order valence-electron chi connectivity index (χ4n) is 2.12. The molecule has 2 aromatic carbocycles. The predicted octanol–water partition coefficient (Wildman–Crippen LogP) is 5.13. The molecule has 0 saturated heterocycles. The summed E-state index contributed by atoms with van der Waals surface area (Å²) in [5, 5.41) is 3.08. The Labute approximate surface area is 130 Å². The molecule has 0 aliphatic heterocycles. The highest BCUT2D eigenvalue weighted by Crippen LogP contribution is 2.33. The molecule has 0 saturated carbocycles. The van der Waals surface area contributed by atoms with Crippen molar-refractivity contribution in [3.63, 3.8) is 0 Å². The third-order valence-corrected chi connectivity index (χ3v) is 4.53. The molecule has 0 amide bonds. The molecule has 0 aliphatic rings. The molecule has 0 atom stereocenters. The van der Waals surface area contributed by atoms with Crippen molar-refractivity contribution in [1.29, 1.82) is 0 Å². The molecule has 1 heterocycles. The molecular formula is C16H13BrN2S. The van der Waals surface area contributed by atoms with Crippen molar-refractivity contribution >= 4 is 33.0 Å². The average molecular weight is 345 g/mol. The zero-order chi connectivity index (χ0) is 14.1. The molecule has 100 valence electrons. The van der Waals surface area contributed by atoms with E-state index in [0.717, 1.165) is 26.4 Å². The summed E-state index contributed by atoms with van der Waals surface area (Å²) in [5.74, 6) is 0. The van der Waals surface area contributed by atoms with Crippen LogP contribution in [-0.4, -0.2) is 4.98 Å². The summed E-state index contributed by atoms with van der Waals surface area (Å²) in [4.78, 5) is 4.73. The van der Waals surface area contributed by atoms with Crippen molar-refractivity contribution in [2.24, 2.45) is 0 Å². The first-order chi connectivity index (χ1) is 9.65. The van der Waals surface area contributed by atoms with E-state index in [9.17, 15) is 0 Å². The van der Waals surface area contributed by atoms with Gasteiger partial charge < -0.3 is 5.73 Å². The van der Waals surface area contributed by atoms with Crippen LogP contribution in [0.5, 0.6) is 0 Å². The molecule has 0 fully saturated rings. The van der Waals surface area contributed by atoms with Crippen LogP contribution in [0.4, 0.5) is 5.69 Å². The molecule has 0 aliphatic carbocycles. The van der Waals surface area contributed by atoms with E-state index in [2.05, 4.69) is 40.4 Å². The summed E-state index contributed by atoms with van der Waals surface area (Å²) in [6, 6.07) is 14.1. The average Bonchev–Trinajstić information content (AvgIpc) is 2.88. The molecule has 0 bridgehead atoms. The van der Waals surface area contributed by atoms with E-state index < -0.39 is 0 Å². The van der Waals surface area contributed by atoms with Crippen LogP contribution in [0.2, 0.25) is 0 Å². The van der Waals surface area contributed by atoms with Gasteiger partial charge in [0.1, 0.15) is 5.01 Å². The van der Waals surface area contributed by atoms with Gasteiger partial charge in [-0.3, -0.25) is 0 Å². The Balaban J connectivity index is 2.04. The van der Waals surface area contributed by atoms with Gasteiger partial charge in [0.2, 0.25) is 0 Å². The first kappa shape index (κ1) is 13.3. The van der Waals surface area contributed by atoms with Crippen molar-refractivity contribution in [2.75, 3.05) is 5.73 Å². The predicted molar refractivity (Wildman–Crippen MR) is 89.8 cm³/mol. The number of aryl methyl sites for hydroxylation is 1. The maximum absolute atomic E-state index is 6.01. The van der Waals surface area contributed by atoms with Gasteiger partial charge in [0.15, 0.2) is 0 Å². The van der Waals surface area contributed by atoms with Crippen molar-refractivity contribution in [2.45, 2.75) is 6.92 Å². The Hall–Kier alpha value is -1.65. The molecule has 1 aromatic heterocycles. The van der Waals surface area contributed by atoms with Crippen LogP contribution in [0.15, 0.2) is 52.3 Å². The smallest absolute Gasteiger partial charge is 0.124 e. The number of benzene rings is 2. The molecule has 3 aromatic rings. The Morgan fingerprint density at radius 1 is 1.10 bits per heavy atom. The van der Waals surface area contributed by atoms with E-state index >= 15 is 0 Å². The molecular weight excluding hydrogens is 332 g/mol. The van der Waals surface area contributed by atoms with Crippen LogP contribution in [-0.2, 0) is 0 Å². The highest BCUT2D eigenvalue weighted by atomic mass is 79.9. The zero-order valence-electron chi connectivity index (χ0n) is 10.9. The van der Waals surface area contributed by atoms with E-state index in [1.807, 2.05) is 30.3 Å². The Kier molecular flexibility index (Phi) is 3.59. The standard InChI is InChI=1S/C16H13BrN2S/c1-10-8-11(17)6-7-12(10)16-19-15(9-20-16)13-4-2-3-5-14(13)18/h2-9H,18H2,1H3. The van der Waals surface area contributed by atoms with Crippen molar-refractivity contribution < 1.29 is 0 Å². The van der Waals surface area contributed by atoms with Crippen LogP contribution >= 0.6 is 27.3 Å². The second kappa shape index (κ2) is 5.38. The number of nitrogen functional groups attached to an aromatic ring is 1. The number of halogens is 1. The zero-order valence-corrected chi connectivity index (χ0v) is 13.3. The first-order valence-corrected chi connectivity index (χ1v) is 7.89. The van der Waals surface area contributed by atoms with Crippen LogP contribution in [0, 0.1) is 6.92 Å². The van der Waals surface area contributed by atoms with E-state index in [0.29, 0.717) is 0 Å². The number of hydrogen-bond donors (Lipinski definition) is 1. The van der Waals surface area contributed by atoms with Crippen molar-refractivity contribution in [3.05, 3.63) is 57.9 Å². The quantitative estimate of drug-likeness (QED) is 0.654. The summed E-state index contributed by atoms with van der Waals surface area (Å²) >= 11 is 5.13. The topological polar surface area (TPSA) is 38.9 Å². The molecule has 20 heavy (non-hydrogen) atoms. The summed E-state index contributed by atoms with van der Waals surface area (Å²) in [5.41, 5.74) is 11.1. The monoisotopic (exact) mass is 344 g/mol. The molecule has 0 radical (unpaired) electrons. The van der Waals surface area contributed by atoms with Gasteiger partial charge in [-0.05, 0) is 30.7 Å². The molecule has 4 heteroatoms. The molecule has 3 rings (SSSR count). The summed E-state index contributed by atoms with van der Waals surface area (Å²) in [7, 11) is 0. The number of hydrogen-bond acceptors (Lipinski definition) is 3. The third-order valence-electron chi connectivity index (χ3n) is 3.16. The molecule has 2 nitrogen and oxygen atoms in total. The second-order valence-corrected chi connectivity index (χ2v) is 6.36. The number of rotatable bonds is 2. The number of nitrogens with two attached hydrogens (primary N) is 1. The van der Waals surface area contributed by atoms with Gasteiger partial charge in [-0.1, -0.05) is 40.2 Å². The van der Waals surface area contributed by atoms with Gasteiger partial charge in [-0.25, -0.2) is 4.98 Å². The number of thiazole rings is 1. The lowest BCUT2D eigenvalue weighted by molar-refractivity contribution is 1.37. The lowest BCUT2D eigenvalue weighted by Gasteiger charge is -2.03. The lowest BCUT2D eigenvalue weighted by atomic mass is 10.1. The number of aromatic nitrogens is 1. The minimum atomic E-state index is 0.761. The highest BCUT2D eigenvalue weighted by Gasteiger charge is 2.10. The normalized spacial score (nSPS) is 10.7. The SMILES string of the molecule is Cc1cc(Br)ccc1-c1nc(-c2ccccc2N)cs1. The van der Waals surface area contributed by atoms with Gasteiger partial charge in [-0.2, -0.15) is 0 Å². The number of nitrogens with zero attached hydrogens (tertiary/aromatic N) is 1. The number of anilines is 1. The minimum absolute atomic E-state index is 0.761. The van der Waals surface area contributed by atoms with Crippen LogP contribution in [0.1, 0.15) is 5.56 Å². The largest absolute Gasteiger partial charge is 0.398 e. The van der Waals surface area contributed by atoms with Crippen LogP contribution in [0.3, 0.4) is 0 Å². The first-order valence-electron chi connectivity index (χ1n) is 6.22. The van der Waals surface area contributed by atoms with Gasteiger partial charge in [0, 0.05) is 26.7 Å². The Morgan fingerprint density at radius 3 is 2.65 bits per heavy atom. The summed E-state index contributed by atoms with van der Waals surface area (Å²) in [6.07, 6.45) is 0. The van der Waals surface area contributed by atoms with Gasteiger partial charge >= 0.3 is 0 Å². The molecule has 2 N–H and O–H groups in total. The Morgan fingerprint density at radius 2 is 1.90 bits per heavy atom. The van der Waals surface area contributed by atoms with E-state index in [4.69, 9.17) is 10.7 Å². The summed E-state index contributed by atoms with van der Waals surface area (Å²) < 4.78 is 1.09. The van der Waals surface area contributed by atoms with E-state index in [-0.39, 0.29) is 0 Å². The Bertz CT molecular complexity index is 765. The minimum Gasteiger partial charge on any atom is -0.398 e. The van der Waals surface area contributed by atoms with Gasteiger partial charge in [0.25, 0.3) is 0 Å². The lowest BCUT2D eigenvalue weighted by Crippen LogP contribution is -1.89. The number of para-hydroxylation sites is 1. The fourth-order valence-corrected chi connectivity index (χ4v) is 3.50. The fraction of sp³-hybridized carbons (Fsp3) is 0.0625.